The predicted molar refractivity (Wildman–Crippen MR) is 121 cm³/mol. The maximum atomic E-state index is 6.04. The van der Waals surface area contributed by atoms with Crippen molar-refractivity contribution in [2.24, 2.45) is 0 Å². The van der Waals surface area contributed by atoms with Gasteiger partial charge in [-0.15, -0.1) is 0 Å². The summed E-state index contributed by atoms with van der Waals surface area (Å²) in [7, 11) is 3.52. The van der Waals surface area contributed by atoms with Gasteiger partial charge in [0.25, 0.3) is 0 Å². The van der Waals surface area contributed by atoms with Crippen molar-refractivity contribution >= 4 is 28.4 Å². The van der Waals surface area contributed by atoms with E-state index in [1.165, 1.54) is 25.9 Å². The highest BCUT2D eigenvalue weighted by atomic mass is 16.5. The molecular formula is C23H29N5O2. The highest BCUT2D eigenvalue weighted by Gasteiger charge is 2.12. The lowest BCUT2D eigenvalue weighted by atomic mass is 10.2. The third kappa shape index (κ3) is 4.74. The standard InChI is InChI=1S/C23H29N5O2/c1-24-22-18-8-3-4-9-19(18)26-23(27-22)25-17-10-11-20(29-2)21(16-17)30-15-7-14-28-12-5-6-13-28/h3-4,8-11,16H,5-7,12-15H2,1-2H3,(H2,24,25,26,27). The Balaban J connectivity index is 1.46. The Bertz CT molecular complexity index is 988. The first kappa shape index (κ1) is 20.2. The maximum absolute atomic E-state index is 6.04. The van der Waals surface area contributed by atoms with E-state index < -0.39 is 0 Å². The molecule has 0 radical (unpaired) electrons. The fraction of sp³-hybridized carbons (Fsp3) is 0.391. The number of likely N-dealkylation sites (tertiary alicyclic amines) is 1. The number of nitrogens with one attached hydrogen (secondary N) is 2. The Morgan fingerprint density at radius 1 is 1.03 bits per heavy atom. The summed E-state index contributed by atoms with van der Waals surface area (Å²) < 4.78 is 11.5. The summed E-state index contributed by atoms with van der Waals surface area (Å²) in [5, 5.41) is 7.42. The zero-order chi connectivity index (χ0) is 20.8. The van der Waals surface area contributed by atoms with Crippen molar-refractivity contribution in [2.75, 3.05) is 51.0 Å². The lowest BCUT2D eigenvalue weighted by molar-refractivity contribution is 0.254. The zero-order valence-corrected chi connectivity index (χ0v) is 17.6. The van der Waals surface area contributed by atoms with Crippen LogP contribution in [0.2, 0.25) is 0 Å². The first-order valence-electron chi connectivity index (χ1n) is 10.5. The van der Waals surface area contributed by atoms with Crippen LogP contribution < -0.4 is 20.1 Å². The van der Waals surface area contributed by atoms with E-state index in [4.69, 9.17) is 9.47 Å². The molecule has 1 aliphatic rings. The van der Waals surface area contributed by atoms with Crippen LogP contribution in [-0.2, 0) is 0 Å². The highest BCUT2D eigenvalue weighted by Crippen LogP contribution is 2.32. The third-order valence-electron chi connectivity index (χ3n) is 5.33. The van der Waals surface area contributed by atoms with Crippen LogP contribution in [0.1, 0.15) is 19.3 Å². The van der Waals surface area contributed by atoms with E-state index in [1.807, 2.05) is 49.5 Å². The van der Waals surface area contributed by atoms with Crippen molar-refractivity contribution in [1.82, 2.24) is 14.9 Å². The van der Waals surface area contributed by atoms with Crippen molar-refractivity contribution in [3.05, 3.63) is 42.5 Å². The van der Waals surface area contributed by atoms with Crippen LogP contribution in [0.15, 0.2) is 42.5 Å². The van der Waals surface area contributed by atoms with Gasteiger partial charge in [-0.1, -0.05) is 12.1 Å². The van der Waals surface area contributed by atoms with E-state index in [9.17, 15) is 0 Å². The lowest BCUT2D eigenvalue weighted by Crippen LogP contribution is -2.21. The summed E-state index contributed by atoms with van der Waals surface area (Å²) in [6, 6.07) is 13.7. The molecule has 30 heavy (non-hydrogen) atoms. The summed E-state index contributed by atoms with van der Waals surface area (Å²) in [4.78, 5) is 11.7. The van der Waals surface area contributed by atoms with Crippen LogP contribution in [0.3, 0.4) is 0 Å². The predicted octanol–water partition coefficient (Wildman–Crippen LogP) is 4.29. The molecule has 0 aliphatic carbocycles. The van der Waals surface area contributed by atoms with Crippen LogP contribution in [0.5, 0.6) is 11.5 Å². The van der Waals surface area contributed by atoms with Gasteiger partial charge in [0.05, 0.1) is 19.2 Å². The summed E-state index contributed by atoms with van der Waals surface area (Å²) in [5.41, 5.74) is 1.73. The van der Waals surface area contributed by atoms with Crippen LogP contribution in [0.4, 0.5) is 17.5 Å². The van der Waals surface area contributed by atoms with Gasteiger partial charge >= 0.3 is 0 Å². The summed E-state index contributed by atoms with van der Waals surface area (Å²) in [6.07, 6.45) is 3.63. The van der Waals surface area contributed by atoms with Crippen molar-refractivity contribution < 1.29 is 9.47 Å². The SMILES string of the molecule is CNc1nc(Nc2ccc(OC)c(OCCCN3CCCC3)c2)nc2ccccc12. The van der Waals surface area contributed by atoms with Gasteiger partial charge in [0.2, 0.25) is 5.95 Å². The minimum Gasteiger partial charge on any atom is -0.493 e. The molecule has 2 heterocycles. The van der Waals surface area contributed by atoms with Crippen molar-refractivity contribution in [1.29, 1.82) is 0 Å². The first-order valence-corrected chi connectivity index (χ1v) is 10.5. The minimum absolute atomic E-state index is 0.531. The molecule has 1 aliphatic heterocycles. The van der Waals surface area contributed by atoms with Crippen LogP contribution in [-0.4, -0.2) is 55.3 Å². The molecule has 0 bridgehead atoms. The number of nitrogens with zero attached hydrogens (tertiary/aromatic N) is 3. The molecule has 1 fully saturated rings. The molecule has 7 heteroatoms. The quantitative estimate of drug-likeness (QED) is 0.513. The fourth-order valence-electron chi connectivity index (χ4n) is 3.80. The number of ether oxygens (including phenoxy) is 2. The highest BCUT2D eigenvalue weighted by molar-refractivity contribution is 5.90. The molecule has 7 nitrogen and oxygen atoms in total. The molecule has 0 spiro atoms. The number of methoxy groups -OCH3 is 1. The molecule has 3 aromatic rings. The molecule has 0 unspecified atom stereocenters. The number of benzene rings is 2. The second kappa shape index (κ2) is 9.63. The first-order chi connectivity index (χ1) is 14.8. The van der Waals surface area contributed by atoms with Crippen molar-refractivity contribution in [3.63, 3.8) is 0 Å². The van der Waals surface area contributed by atoms with E-state index in [0.29, 0.717) is 12.6 Å². The Hall–Kier alpha value is -3.06. The smallest absolute Gasteiger partial charge is 0.229 e. The van der Waals surface area contributed by atoms with Gasteiger partial charge in [0, 0.05) is 30.7 Å². The molecule has 0 saturated carbocycles. The van der Waals surface area contributed by atoms with Gasteiger partial charge in [-0.25, -0.2) is 4.98 Å². The van der Waals surface area contributed by atoms with Crippen molar-refractivity contribution in [3.8, 4) is 11.5 Å². The third-order valence-corrected chi connectivity index (χ3v) is 5.33. The number of fused-ring (bicyclic) bond motifs is 1. The molecule has 0 amide bonds. The number of rotatable bonds is 9. The largest absolute Gasteiger partial charge is 0.493 e. The van der Waals surface area contributed by atoms with Gasteiger partial charge in [-0.05, 0) is 56.6 Å². The molecule has 0 atom stereocenters. The number of anilines is 3. The summed E-state index contributed by atoms with van der Waals surface area (Å²) >= 11 is 0. The van der Waals surface area contributed by atoms with Crippen molar-refractivity contribution in [2.45, 2.75) is 19.3 Å². The minimum atomic E-state index is 0.531. The van der Waals surface area contributed by atoms with Crippen LogP contribution in [0, 0.1) is 0 Å². The van der Waals surface area contributed by atoms with E-state index in [2.05, 4.69) is 25.5 Å². The number of para-hydroxylation sites is 1. The maximum Gasteiger partial charge on any atom is 0.229 e. The molecule has 1 aromatic heterocycles. The van der Waals surface area contributed by atoms with E-state index >= 15 is 0 Å². The van der Waals surface area contributed by atoms with Crippen LogP contribution >= 0.6 is 0 Å². The molecule has 4 rings (SSSR count). The fourth-order valence-corrected chi connectivity index (χ4v) is 3.80. The van der Waals surface area contributed by atoms with Gasteiger partial charge in [-0.3, -0.25) is 0 Å². The number of hydrogen-bond acceptors (Lipinski definition) is 7. The van der Waals surface area contributed by atoms with Gasteiger partial charge in [0.1, 0.15) is 5.82 Å². The monoisotopic (exact) mass is 407 g/mol. The molecule has 2 N–H and O–H groups in total. The van der Waals surface area contributed by atoms with Gasteiger partial charge in [-0.2, -0.15) is 4.98 Å². The van der Waals surface area contributed by atoms with Gasteiger partial charge < -0.3 is 25.0 Å². The number of hydrogen-bond donors (Lipinski definition) is 2. The van der Waals surface area contributed by atoms with Gasteiger partial charge in [0.15, 0.2) is 11.5 Å². The average molecular weight is 408 g/mol. The summed E-state index contributed by atoms with van der Waals surface area (Å²) in [5.74, 6) is 2.76. The second-order valence-corrected chi connectivity index (χ2v) is 7.40. The molecule has 2 aromatic carbocycles. The Labute approximate surface area is 177 Å². The lowest BCUT2D eigenvalue weighted by Gasteiger charge is -2.16. The second-order valence-electron chi connectivity index (χ2n) is 7.40. The van der Waals surface area contributed by atoms with E-state index in [0.717, 1.165) is 46.9 Å². The normalized spacial score (nSPS) is 14.1. The molecule has 158 valence electrons. The molecular weight excluding hydrogens is 378 g/mol. The summed E-state index contributed by atoms with van der Waals surface area (Å²) in [6.45, 7) is 4.16. The Morgan fingerprint density at radius 3 is 2.67 bits per heavy atom. The zero-order valence-electron chi connectivity index (χ0n) is 17.6. The average Bonchev–Trinajstić information content (AvgIpc) is 3.30. The van der Waals surface area contributed by atoms with E-state index in [1.54, 1.807) is 7.11 Å². The molecule has 1 saturated heterocycles. The Kier molecular flexibility index (Phi) is 6.49. The van der Waals surface area contributed by atoms with Crippen LogP contribution in [0.25, 0.3) is 10.9 Å². The topological polar surface area (TPSA) is 71.5 Å². The van der Waals surface area contributed by atoms with E-state index in [-0.39, 0.29) is 0 Å². The Morgan fingerprint density at radius 2 is 1.87 bits per heavy atom. The number of aromatic nitrogens is 2.